The highest BCUT2D eigenvalue weighted by atomic mass is 16.5. The predicted molar refractivity (Wildman–Crippen MR) is 104 cm³/mol. The molecule has 0 saturated carbocycles. The molecule has 5 nitrogen and oxygen atoms in total. The number of hydrogen-bond acceptors (Lipinski definition) is 4. The van der Waals surface area contributed by atoms with Crippen molar-refractivity contribution in [3.05, 3.63) is 64.7 Å². The maximum absolute atomic E-state index is 13.0. The van der Waals surface area contributed by atoms with Crippen LogP contribution in [0.1, 0.15) is 45.9 Å². The van der Waals surface area contributed by atoms with Crippen LogP contribution in [-0.2, 0) is 5.41 Å². The third kappa shape index (κ3) is 2.91. The molecule has 1 spiro atoms. The zero-order valence-electron chi connectivity index (χ0n) is 15.8. The minimum absolute atomic E-state index is 0.222. The van der Waals surface area contributed by atoms with Crippen LogP contribution in [0, 0.1) is 6.92 Å². The second-order valence-corrected chi connectivity index (χ2v) is 7.59. The Morgan fingerprint density at radius 3 is 2.70 bits per heavy atom. The van der Waals surface area contributed by atoms with Gasteiger partial charge in [0, 0.05) is 5.41 Å². The summed E-state index contributed by atoms with van der Waals surface area (Å²) in [7, 11) is 1.56. The van der Waals surface area contributed by atoms with E-state index in [-0.39, 0.29) is 11.3 Å². The van der Waals surface area contributed by atoms with Gasteiger partial charge in [-0.3, -0.25) is 4.79 Å². The largest absolute Gasteiger partial charge is 0.496 e. The number of carbonyl (C=O) groups is 1. The first-order chi connectivity index (χ1) is 13.1. The van der Waals surface area contributed by atoms with E-state index in [0.717, 1.165) is 37.1 Å². The fraction of sp³-hybridized carbons (Fsp3) is 0.409. The molecule has 1 heterocycles. The van der Waals surface area contributed by atoms with E-state index in [1.165, 1.54) is 5.56 Å². The molecule has 5 heteroatoms. The number of aliphatic hydroxyl groups excluding tert-OH is 1. The average Bonchev–Trinajstić information content (AvgIpc) is 2.91. The van der Waals surface area contributed by atoms with Gasteiger partial charge in [-0.15, -0.1) is 0 Å². The number of nitrogens with one attached hydrogen (secondary N) is 2. The van der Waals surface area contributed by atoms with Crippen molar-refractivity contribution in [3.63, 3.8) is 0 Å². The van der Waals surface area contributed by atoms with Crippen LogP contribution < -0.4 is 15.4 Å². The first kappa shape index (κ1) is 18.0. The number of amides is 1. The van der Waals surface area contributed by atoms with E-state index in [2.05, 4.69) is 16.7 Å². The summed E-state index contributed by atoms with van der Waals surface area (Å²) >= 11 is 0. The Labute approximate surface area is 159 Å². The highest BCUT2D eigenvalue weighted by Crippen LogP contribution is 2.50. The first-order valence-corrected chi connectivity index (χ1v) is 9.50. The molecule has 2 aromatic carbocycles. The van der Waals surface area contributed by atoms with Crippen LogP contribution in [0.5, 0.6) is 5.75 Å². The Morgan fingerprint density at radius 1 is 1.22 bits per heavy atom. The number of carbonyl (C=O) groups excluding carboxylic acids is 1. The highest BCUT2D eigenvalue weighted by Gasteiger charge is 2.52. The molecule has 142 valence electrons. The topological polar surface area (TPSA) is 70.6 Å². The van der Waals surface area contributed by atoms with Crippen LogP contribution in [0.15, 0.2) is 42.5 Å². The van der Waals surface area contributed by atoms with Crippen LogP contribution in [0.3, 0.4) is 0 Å². The van der Waals surface area contributed by atoms with Crippen molar-refractivity contribution in [2.45, 2.75) is 37.3 Å². The van der Waals surface area contributed by atoms with Crippen LogP contribution in [0.25, 0.3) is 0 Å². The Hall–Kier alpha value is -2.37. The number of aryl methyl sites for hydroxylation is 1. The molecule has 2 aromatic rings. The standard InChI is InChI=1S/C22H26N2O3/c1-14-7-8-18(27-2)16(13-14)21(26)24-19-15-5-3-4-6-17(15)22(20(19)25)9-11-23-12-10-22/h3-8,13,19-20,23,25H,9-12H2,1-2H3,(H,24,26)/t19-,20+/m0/s1. The molecule has 27 heavy (non-hydrogen) atoms. The SMILES string of the molecule is COc1ccc(C)cc1C(=O)N[C@H]1c2ccccc2C2(CCNCC2)[C@@H]1O. The van der Waals surface area contributed by atoms with E-state index in [1.807, 2.05) is 37.3 Å². The number of piperidine rings is 1. The fourth-order valence-corrected chi connectivity index (χ4v) is 4.68. The van der Waals surface area contributed by atoms with Gasteiger partial charge in [0.1, 0.15) is 5.75 Å². The molecule has 0 bridgehead atoms. The summed E-state index contributed by atoms with van der Waals surface area (Å²) in [5.74, 6) is 0.316. The van der Waals surface area contributed by atoms with E-state index >= 15 is 0 Å². The normalized spacial score (nSPS) is 23.1. The Morgan fingerprint density at radius 2 is 1.96 bits per heavy atom. The van der Waals surface area contributed by atoms with Crippen molar-refractivity contribution in [1.82, 2.24) is 10.6 Å². The van der Waals surface area contributed by atoms with Gasteiger partial charge in [-0.2, -0.15) is 0 Å². The second-order valence-electron chi connectivity index (χ2n) is 7.59. The minimum Gasteiger partial charge on any atom is -0.496 e. The lowest BCUT2D eigenvalue weighted by Gasteiger charge is -2.38. The lowest BCUT2D eigenvalue weighted by atomic mass is 9.72. The van der Waals surface area contributed by atoms with Crippen molar-refractivity contribution in [3.8, 4) is 5.75 Å². The number of benzene rings is 2. The van der Waals surface area contributed by atoms with Gasteiger partial charge in [0.15, 0.2) is 0 Å². The minimum atomic E-state index is -0.642. The number of rotatable bonds is 3. The summed E-state index contributed by atoms with van der Waals surface area (Å²) in [5, 5.41) is 17.7. The molecular formula is C22H26N2O3. The monoisotopic (exact) mass is 366 g/mol. The zero-order valence-corrected chi connectivity index (χ0v) is 15.8. The Kier molecular flexibility index (Phi) is 4.66. The van der Waals surface area contributed by atoms with Gasteiger partial charge in [-0.05, 0) is 56.1 Å². The van der Waals surface area contributed by atoms with Gasteiger partial charge in [-0.1, -0.05) is 35.9 Å². The van der Waals surface area contributed by atoms with Crippen molar-refractivity contribution in [2.75, 3.05) is 20.2 Å². The lowest BCUT2D eigenvalue weighted by Crippen LogP contribution is -2.48. The van der Waals surface area contributed by atoms with Crippen molar-refractivity contribution in [1.29, 1.82) is 0 Å². The van der Waals surface area contributed by atoms with Gasteiger partial charge in [0.25, 0.3) is 5.91 Å². The first-order valence-electron chi connectivity index (χ1n) is 9.50. The van der Waals surface area contributed by atoms with Gasteiger partial charge in [-0.25, -0.2) is 0 Å². The predicted octanol–water partition coefficient (Wildman–Crippen LogP) is 2.47. The van der Waals surface area contributed by atoms with Crippen LogP contribution in [0.4, 0.5) is 0 Å². The molecule has 0 radical (unpaired) electrons. The molecule has 1 amide bonds. The maximum Gasteiger partial charge on any atom is 0.255 e. The van der Waals surface area contributed by atoms with E-state index in [9.17, 15) is 9.90 Å². The molecule has 3 N–H and O–H groups in total. The molecule has 0 aromatic heterocycles. The molecule has 1 saturated heterocycles. The van der Waals surface area contributed by atoms with Crippen LogP contribution in [-0.4, -0.2) is 37.3 Å². The molecule has 2 aliphatic rings. The average molecular weight is 366 g/mol. The summed E-state index contributed by atoms with van der Waals surface area (Å²) in [6.45, 7) is 3.69. The molecule has 1 aliphatic carbocycles. The quantitative estimate of drug-likeness (QED) is 0.780. The van der Waals surface area contributed by atoms with Crippen LogP contribution >= 0.6 is 0 Å². The summed E-state index contributed by atoms with van der Waals surface area (Å²) < 4.78 is 5.36. The van der Waals surface area contributed by atoms with Crippen molar-refractivity contribution < 1.29 is 14.6 Å². The van der Waals surface area contributed by atoms with E-state index in [4.69, 9.17) is 4.74 Å². The second kappa shape index (κ2) is 6.98. The van der Waals surface area contributed by atoms with E-state index < -0.39 is 12.1 Å². The summed E-state index contributed by atoms with van der Waals surface area (Å²) in [5.41, 5.74) is 3.38. The molecule has 1 aliphatic heterocycles. The smallest absolute Gasteiger partial charge is 0.255 e. The number of fused-ring (bicyclic) bond motifs is 2. The van der Waals surface area contributed by atoms with Crippen molar-refractivity contribution >= 4 is 5.91 Å². The maximum atomic E-state index is 13.0. The summed E-state index contributed by atoms with van der Waals surface area (Å²) in [6.07, 6.45) is 1.09. The molecule has 0 unspecified atom stereocenters. The fourth-order valence-electron chi connectivity index (χ4n) is 4.68. The summed E-state index contributed by atoms with van der Waals surface area (Å²) in [6, 6.07) is 13.2. The van der Waals surface area contributed by atoms with Crippen LogP contribution in [0.2, 0.25) is 0 Å². The van der Waals surface area contributed by atoms with Gasteiger partial charge in [0.05, 0.1) is 24.8 Å². The number of aliphatic hydroxyl groups is 1. The van der Waals surface area contributed by atoms with Crippen molar-refractivity contribution in [2.24, 2.45) is 0 Å². The third-order valence-electron chi connectivity index (χ3n) is 6.10. The lowest BCUT2D eigenvalue weighted by molar-refractivity contribution is 0.0417. The zero-order chi connectivity index (χ0) is 19.0. The highest BCUT2D eigenvalue weighted by molar-refractivity contribution is 5.97. The number of methoxy groups -OCH3 is 1. The molecule has 2 atom stereocenters. The van der Waals surface area contributed by atoms with Gasteiger partial charge in [0.2, 0.25) is 0 Å². The van der Waals surface area contributed by atoms with Gasteiger partial charge >= 0.3 is 0 Å². The molecule has 1 fully saturated rings. The Bertz CT molecular complexity index is 858. The molecular weight excluding hydrogens is 340 g/mol. The third-order valence-corrected chi connectivity index (χ3v) is 6.10. The Balaban J connectivity index is 1.68. The number of hydrogen-bond donors (Lipinski definition) is 3. The number of ether oxygens (including phenoxy) is 1. The summed E-state index contributed by atoms with van der Waals surface area (Å²) in [4.78, 5) is 13.0. The molecule has 4 rings (SSSR count). The van der Waals surface area contributed by atoms with Gasteiger partial charge < -0.3 is 20.5 Å². The van der Waals surface area contributed by atoms with E-state index in [0.29, 0.717) is 11.3 Å². The van der Waals surface area contributed by atoms with E-state index in [1.54, 1.807) is 13.2 Å².